The molecule has 0 aliphatic carbocycles. The molecule has 2 aliphatic heterocycles. The molecule has 10 heteroatoms. The van der Waals surface area contributed by atoms with Gasteiger partial charge in [-0.1, -0.05) is 6.07 Å². The molecule has 0 aromatic carbocycles. The number of carbonyl (C=O) groups is 2. The first kappa shape index (κ1) is 19.7. The Hall–Kier alpha value is -3.04. The molecule has 7 nitrogen and oxygen atoms in total. The standard InChI is InChI=1S/C16H17N3O2.C2HF3O2/c20-16(14-4-3-7-21-14)19-10-12-8-18(9-13(12)11-19)15-5-1-2-6-17-15;3-2(4,5)1(6)7/h1-7,12-13H,8-11H2;(H,6,7)/t12-,13+;. The van der Waals surface area contributed by atoms with Crippen molar-refractivity contribution in [3.8, 4) is 0 Å². The Labute approximate surface area is 158 Å². The van der Waals surface area contributed by atoms with Crippen LogP contribution in [-0.4, -0.2) is 59.2 Å². The van der Waals surface area contributed by atoms with Gasteiger partial charge in [0.2, 0.25) is 0 Å². The Morgan fingerprint density at radius 2 is 1.71 bits per heavy atom. The van der Waals surface area contributed by atoms with Gasteiger partial charge in [0.15, 0.2) is 5.76 Å². The summed E-state index contributed by atoms with van der Waals surface area (Å²) in [6.45, 7) is 3.58. The van der Waals surface area contributed by atoms with Crippen molar-refractivity contribution in [2.24, 2.45) is 11.8 Å². The molecule has 0 radical (unpaired) electrons. The van der Waals surface area contributed by atoms with E-state index >= 15 is 0 Å². The zero-order valence-electron chi connectivity index (χ0n) is 14.7. The number of alkyl halides is 3. The molecule has 4 rings (SSSR count). The van der Waals surface area contributed by atoms with Crippen LogP contribution in [0.3, 0.4) is 0 Å². The number of anilines is 1. The molecule has 4 heterocycles. The molecule has 2 aromatic rings. The highest BCUT2D eigenvalue weighted by Gasteiger charge is 2.42. The van der Waals surface area contributed by atoms with E-state index in [1.165, 1.54) is 0 Å². The van der Waals surface area contributed by atoms with Crippen LogP contribution in [0.4, 0.5) is 19.0 Å². The summed E-state index contributed by atoms with van der Waals surface area (Å²) in [4.78, 5) is 29.8. The molecule has 2 fully saturated rings. The van der Waals surface area contributed by atoms with E-state index in [2.05, 4.69) is 9.88 Å². The number of carboxylic acids is 1. The number of nitrogens with zero attached hydrogens (tertiary/aromatic N) is 3. The fourth-order valence-electron chi connectivity index (χ4n) is 3.44. The van der Waals surface area contributed by atoms with Gasteiger partial charge < -0.3 is 19.3 Å². The summed E-state index contributed by atoms with van der Waals surface area (Å²) in [6.07, 6.45) is -1.71. The molecule has 2 saturated heterocycles. The van der Waals surface area contributed by atoms with Crippen LogP contribution in [0.5, 0.6) is 0 Å². The smallest absolute Gasteiger partial charge is 0.475 e. The number of furan rings is 1. The minimum absolute atomic E-state index is 0.0128. The van der Waals surface area contributed by atoms with Crippen molar-refractivity contribution < 1.29 is 32.3 Å². The molecule has 0 saturated carbocycles. The number of halogens is 3. The molecule has 2 aromatic heterocycles. The van der Waals surface area contributed by atoms with Crippen LogP contribution in [0.25, 0.3) is 0 Å². The number of hydrogen-bond acceptors (Lipinski definition) is 5. The van der Waals surface area contributed by atoms with Crippen molar-refractivity contribution in [1.82, 2.24) is 9.88 Å². The summed E-state index contributed by atoms with van der Waals surface area (Å²) in [6, 6.07) is 9.49. The van der Waals surface area contributed by atoms with Crippen molar-refractivity contribution in [3.05, 3.63) is 48.6 Å². The highest BCUT2D eigenvalue weighted by atomic mass is 19.4. The maximum absolute atomic E-state index is 12.3. The normalized spacial score (nSPS) is 21.1. The van der Waals surface area contributed by atoms with Crippen molar-refractivity contribution in [1.29, 1.82) is 0 Å². The van der Waals surface area contributed by atoms with Gasteiger partial charge in [-0.15, -0.1) is 0 Å². The Balaban J connectivity index is 0.000000279. The quantitative estimate of drug-likeness (QED) is 0.838. The van der Waals surface area contributed by atoms with Crippen LogP contribution in [0.15, 0.2) is 47.2 Å². The molecule has 0 unspecified atom stereocenters. The Morgan fingerprint density at radius 1 is 1.07 bits per heavy atom. The van der Waals surface area contributed by atoms with E-state index in [0.717, 1.165) is 32.0 Å². The van der Waals surface area contributed by atoms with Gasteiger partial charge in [0.1, 0.15) is 5.82 Å². The average Bonchev–Trinajstić information content (AvgIpc) is 3.37. The fraction of sp³-hybridized carbons (Fsp3) is 0.389. The number of carboxylic acid groups (broad SMARTS) is 1. The molecular weight excluding hydrogens is 379 g/mol. The maximum atomic E-state index is 12.3. The van der Waals surface area contributed by atoms with Gasteiger partial charge in [0.05, 0.1) is 6.26 Å². The molecule has 2 atom stereocenters. The van der Waals surface area contributed by atoms with Gasteiger partial charge in [0, 0.05) is 44.2 Å². The third-order valence-electron chi connectivity index (χ3n) is 4.72. The van der Waals surface area contributed by atoms with Crippen molar-refractivity contribution in [3.63, 3.8) is 0 Å². The van der Waals surface area contributed by atoms with E-state index < -0.39 is 12.1 Å². The zero-order chi connectivity index (χ0) is 20.3. The van der Waals surface area contributed by atoms with Crippen molar-refractivity contribution in [2.45, 2.75) is 6.18 Å². The van der Waals surface area contributed by atoms with Gasteiger partial charge in [-0.3, -0.25) is 4.79 Å². The second kappa shape index (κ2) is 7.91. The van der Waals surface area contributed by atoms with Crippen LogP contribution in [-0.2, 0) is 4.79 Å². The topological polar surface area (TPSA) is 86.9 Å². The molecule has 150 valence electrons. The first-order valence-electron chi connectivity index (χ1n) is 8.54. The number of hydrogen-bond donors (Lipinski definition) is 1. The zero-order valence-corrected chi connectivity index (χ0v) is 14.7. The highest BCUT2D eigenvalue weighted by molar-refractivity contribution is 5.91. The number of fused-ring (bicyclic) bond motifs is 1. The van der Waals surface area contributed by atoms with Gasteiger partial charge in [0.25, 0.3) is 5.91 Å². The summed E-state index contributed by atoms with van der Waals surface area (Å²) in [5.41, 5.74) is 0. The summed E-state index contributed by atoms with van der Waals surface area (Å²) >= 11 is 0. The van der Waals surface area contributed by atoms with E-state index in [1.54, 1.807) is 18.4 Å². The SMILES string of the molecule is O=C(O)C(F)(F)F.O=C(c1ccco1)N1C[C@@H]2CN(c3ccccn3)C[C@@H]2C1. The molecular formula is C18H18F3N3O4. The maximum Gasteiger partial charge on any atom is 0.490 e. The predicted molar refractivity (Wildman–Crippen MR) is 91.7 cm³/mol. The van der Waals surface area contributed by atoms with Gasteiger partial charge in [-0.05, 0) is 24.3 Å². The van der Waals surface area contributed by atoms with Crippen molar-refractivity contribution >= 4 is 17.7 Å². The number of amides is 1. The molecule has 28 heavy (non-hydrogen) atoms. The lowest BCUT2D eigenvalue weighted by molar-refractivity contribution is -0.192. The van der Waals surface area contributed by atoms with E-state index in [1.807, 2.05) is 29.3 Å². The minimum Gasteiger partial charge on any atom is -0.475 e. The number of pyridine rings is 1. The van der Waals surface area contributed by atoms with Gasteiger partial charge in [-0.25, -0.2) is 9.78 Å². The van der Waals surface area contributed by atoms with Gasteiger partial charge in [-0.2, -0.15) is 13.2 Å². The van der Waals surface area contributed by atoms with Crippen LogP contribution >= 0.6 is 0 Å². The van der Waals surface area contributed by atoms with Gasteiger partial charge >= 0.3 is 12.1 Å². The molecule has 2 aliphatic rings. The average molecular weight is 397 g/mol. The van der Waals surface area contributed by atoms with Crippen LogP contribution in [0, 0.1) is 11.8 Å². The lowest BCUT2D eigenvalue weighted by atomic mass is 10.0. The van der Waals surface area contributed by atoms with Crippen LogP contribution < -0.4 is 4.90 Å². The lowest BCUT2D eigenvalue weighted by Crippen LogP contribution is -2.33. The van der Waals surface area contributed by atoms with Crippen LogP contribution in [0.1, 0.15) is 10.6 Å². The number of aromatic nitrogens is 1. The third-order valence-corrected chi connectivity index (χ3v) is 4.72. The lowest BCUT2D eigenvalue weighted by Gasteiger charge is -2.21. The number of aliphatic carboxylic acids is 1. The van der Waals surface area contributed by atoms with E-state index in [-0.39, 0.29) is 5.91 Å². The first-order valence-corrected chi connectivity index (χ1v) is 8.54. The number of rotatable bonds is 2. The van der Waals surface area contributed by atoms with Crippen LogP contribution in [0.2, 0.25) is 0 Å². The largest absolute Gasteiger partial charge is 0.490 e. The first-order chi connectivity index (χ1) is 13.3. The fourth-order valence-corrected chi connectivity index (χ4v) is 3.44. The minimum atomic E-state index is -5.08. The Bertz CT molecular complexity index is 797. The molecule has 1 N–H and O–H groups in total. The summed E-state index contributed by atoms with van der Waals surface area (Å²) in [5.74, 6) is -0.199. The number of carbonyl (C=O) groups excluding carboxylic acids is 1. The van der Waals surface area contributed by atoms with E-state index in [0.29, 0.717) is 17.6 Å². The van der Waals surface area contributed by atoms with Crippen molar-refractivity contribution in [2.75, 3.05) is 31.1 Å². The second-order valence-electron chi connectivity index (χ2n) is 6.60. The second-order valence-corrected chi connectivity index (χ2v) is 6.60. The van der Waals surface area contributed by atoms with E-state index in [9.17, 15) is 18.0 Å². The third kappa shape index (κ3) is 4.44. The summed E-state index contributed by atoms with van der Waals surface area (Å²) in [7, 11) is 0. The molecule has 0 bridgehead atoms. The number of likely N-dealkylation sites (tertiary alicyclic amines) is 1. The Morgan fingerprint density at radius 3 is 2.18 bits per heavy atom. The summed E-state index contributed by atoms with van der Waals surface area (Å²) < 4.78 is 36.9. The monoisotopic (exact) mass is 397 g/mol. The van der Waals surface area contributed by atoms with E-state index in [4.69, 9.17) is 14.3 Å². The molecule has 1 amide bonds. The predicted octanol–water partition coefficient (Wildman–Crippen LogP) is 2.52. The molecule has 0 spiro atoms. The summed E-state index contributed by atoms with van der Waals surface area (Å²) in [5, 5.41) is 7.12. The highest BCUT2D eigenvalue weighted by Crippen LogP contribution is 2.33. The Kier molecular flexibility index (Phi) is 5.57.